The summed E-state index contributed by atoms with van der Waals surface area (Å²) < 4.78 is 5.66. The first-order valence-corrected chi connectivity index (χ1v) is 5.35. The molecule has 3 nitrogen and oxygen atoms in total. The molecule has 1 aromatic carbocycles. The maximum atomic E-state index is 10.6. The molecule has 0 saturated heterocycles. The zero-order valence-corrected chi connectivity index (χ0v) is 9.81. The summed E-state index contributed by atoms with van der Waals surface area (Å²) in [6, 6.07) is 9.50. The standard InChI is InChI=1S/C14H13NO2/c1-10-4-3-5-13(6-10)17-14-11(2)7-12(9-16)8-15-14/h3-9H,1-2H3. The molecule has 86 valence electrons. The van der Waals surface area contributed by atoms with Gasteiger partial charge in [-0.25, -0.2) is 4.98 Å². The van der Waals surface area contributed by atoms with Crippen molar-refractivity contribution in [3.05, 3.63) is 53.2 Å². The Balaban J connectivity index is 2.27. The third kappa shape index (κ3) is 2.69. The summed E-state index contributed by atoms with van der Waals surface area (Å²) in [5.74, 6) is 1.28. The minimum atomic E-state index is 0.529. The smallest absolute Gasteiger partial charge is 0.222 e. The van der Waals surface area contributed by atoms with Crippen LogP contribution in [0.15, 0.2) is 36.5 Å². The van der Waals surface area contributed by atoms with Crippen molar-refractivity contribution in [2.24, 2.45) is 0 Å². The van der Waals surface area contributed by atoms with Gasteiger partial charge in [-0.05, 0) is 37.6 Å². The van der Waals surface area contributed by atoms with Gasteiger partial charge in [0.05, 0.1) is 0 Å². The molecular weight excluding hydrogens is 214 g/mol. The number of nitrogens with zero attached hydrogens (tertiary/aromatic N) is 1. The second kappa shape index (κ2) is 4.78. The molecule has 3 heteroatoms. The molecule has 17 heavy (non-hydrogen) atoms. The lowest BCUT2D eigenvalue weighted by atomic mass is 10.2. The molecule has 1 heterocycles. The number of benzene rings is 1. The van der Waals surface area contributed by atoms with E-state index < -0.39 is 0 Å². The highest BCUT2D eigenvalue weighted by Gasteiger charge is 2.04. The van der Waals surface area contributed by atoms with Crippen LogP contribution in [0.1, 0.15) is 21.5 Å². The van der Waals surface area contributed by atoms with Gasteiger partial charge in [-0.3, -0.25) is 4.79 Å². The van der Waals surface area contributed by atoms with Crippen LogP contribution in [0.3, 0.4) is 0 Å². The van der Waals surface area contributed by atoms with Crippen molar-refractivity contribution in [2.75, 3.05) is 0 Å². The number of ether oxygens (including phenoxy) is 1. The van der Waals surface area contributed by atoms with Crippen LogP contribution < -0.4 is 4.74 Å². The van der Waals surface area contributed by atoms with Crippen molar-refractivity contribution in [3.8, 4) is 11.6 Å². The first-order valence-electron chi connectivity index (χ1n) is 5.35. The van der Waals surface area contributed by atoms with Crippen molar-refractivity contribution in [1.82, 2.24) is 4.98 Å². The topological polar surface area (TPSA) is 39.2 Å². The number of hydrogen-bond acceptors (Lipinski definition) is 3. The first-order chi connectivity index (χ1) is 8.19. The van der Waals surface area contributed by atoms with Crippen molar-refractivity contribution >= 4 is 6.29 Å². The molecule has 0 aliphatic rings. The first kappa shape index (κ1) is 11.3. The molecule has 0 radical (unpaired) electrons. The summed E-state index contributed by atoms with van der Waals surface area (Å²) in [5, 5.41) is 0. The molecule has 0 unspecified atom stereocenters. The quantitative estimate of drug-likeness (QED) is 0.755. The number of pyridine rings is 1. The highest BCUT2D eigenvalue weighted by Crippen LogP contribution is 2.23. The molecule has 2 rings (SSSR count). The molecule has 0 aliphatic heterocycles. The minimum Gasteiger partial charge on any atom is -0.439 e. The fraction of sp³-hybridized carbons (Fsp3) is 0.143. The maximum Gasteiger partial charge on any atom is 0.222 e. The van der Waals surface area contributed by atoms with Crippen molar-refractivity contribution in [3.63, 3.8) is 0 Å². The van der Waals surface area contributed by atoms with Crippen LogP contribution in [0.4, 0.5) is 0 Å². The highest BCUT2D eigenvalue weighted by atomic mass is 16.5. The summed E-state index contributed by atoms with van der Waals surface area (Å²) in [6.45, 7) is 3.87. The number of carbonyl (C=O) groups is 1. The third-order valence-corrected chi connectivity index (χ3v) is 2.39. The van der Waals surface area contributed by atoms with Crippen LogP contribution in [-0.4, -0.2) is 11.3 Å². The van der Waals surface area contributed by atoms with E-state index in [4.69, 9.17) is 4.74 Å². The molecular formula is C14H13NO2. The molecule has 0 bridgehead atoms. The van der Waals surface area contributed by atoms with E-state index in [1.54, 1.807) is 6.07 Å². The molecule has 0 saturated carbocycles. The Labute approximate surface area is 100 Å². The summed E-state index contributed by atoms with van der Waals surface area (Å²) in [6.07, 6.45) is 2.28. The van der Waals surface area contributed by atoms with Gasteiger partial charge in [0.1, 0.15) is 5.75 Å². The fourth-order valence-corrected chi connectivity index (χ4v) is 1.55. The van der Waals surface area contributed by atoms with E-state index in [0.29, 0.717) is 11.4 Å². The van der Waals surface area contributed by atoms with E-state index in [9.17, 15) is 4.79 Å². The fourth-order valence-electron chi connectivity index (χ4n) is 1.55. The lowest BCUT2D eigenvalue weighted by Crippen LogP contribution is -1.93. The molecule has 0 atom stereocenters. The van der Waals surface area contributed by atoms with Gasteiger partial charge in [0.25, 0.3) is 0 Å². The van der Waals surface area contributed by atoms with E-state index in [1.807, 2.05) is 38.1 Å². The summed E-state index contributed by atoms with van der Waals surface area (Å²) in [7, 11) is 0. The van der Waals surface area contributed by atoms with Gasteiger partial charge in [-0.1, -0.05) is 12.1 Å². The summed E-state index contributed by atoms with van der Waals surface area (Å²) >= 11 is 0. The van der Waals surface area contributed by atoms with Gasteiger partial charge in [0.15, 0.2) is 6.29 Å². The van der Waals surface area contributed by atoms with Crippen molar-refractivity contribution in [1.29, 1.82) is 0 Å². The Morgan fingerprint density at radius 3 is 2.71 bits per heavy atom. The van der Waals surface area contributed by atoms with Gasteiger partial charge in [0, 0.05) is 17.3 Å². The number of hydrogen-bond donors (Lipinski definition) is 0. The Kier molecular flexibility index (Phi) is 3.19. The molecule has 0 fully saturated rings. The molecule has 0 N–H and O–H groups in total. The van der Waals surface area contributed by atoms with E-state index in [2.05, 4.69) is 4.98 Å². The van der Waals surface area contributed by atoms with E-state index in [0.717, 1.165) is 23.2 Å². The van der Waals surface area contributed by atoms with Gasteiger partial charge < -0.3 is 4.74 Å². The molecule has 0 amide bonds. The van der Waals surface area contributed by atoms with Gasteiger partial charge in [-0.2, -0.15) is 0 Å². The van der Waals surface area contributed by atoms with E-state index >= 15 is 0 Å². The third-order valence-electron chi connectivity index (χ3n) is 2.39. The number of aryl methyl sites for hydroxylation is 2. The second-order valence-electron chi connectivity index (χ2n) is 3.93. The van der Waals surface area contributed by atoms with E-state index in [1.165, 1.54) is 6.20 Å². The number of aromatic nitrogens is 1. The predicted molar refractivity (Wildman–Crippen MR) is 65.6 cm³/mol. The van der Waals surface area contributed by atoms with E-state index in [-0.39, 0.29) is 0 Å². The lowest BCUT2D eigenvalue weighted by molar-refractivity contribution is 0.112. The Bertz CT molecular complexity index is 550. The van der Waals surface area contributed by atoms with Gasteiger partial charge in [-0.15, -0.1) is 0 Å². The minimum absolute atomic E-state index is 0.529. The van der Waals surface area contributed by atoms with Crippen LogP contribution in [0, 0.1) is 13.8 Å². The average molecular weight is 227 g/mol. The molecule has 0 aliphatic carbocycles. The summed E-state index contributed by atoms with van der Waals surface area (Å²) in [5.41, 5.74) is 2.53. The molecule has 2 aromatic rings. The SMILES string of the molecule is Cc1cccc(Oc2ncc(C=O)cc2C)c1. The lowest BCUT2D eigenvalue weighted by Gasteiger charge is -2.08. The van der Waals surface area contributed by atoms with Crippen LogP contribution in [0.2, 0.25) is 0 Å². The Morgan fingerprint density at radius 2 is 2.06 bits per heavy atom. The molecule has 0 spiro atoms. The van der Waals surface area contributed by atoms with Gasteiger partial charge in [0.2, 0.25) is 5.88 Å². The van der Waals surface area contributed by atoms with Crippen LogP contribution in [0.25, 0.3) is 0 Å². The second-order valence-corrected chi connectivity index (χ2v) is 3.93. The number of rotatable bonds is 3. The maximum absolute atomic E-state index is 10.6. The van der Waals surface area contributed by atoms with Crippen molar-refractivity contribution < 1.29 is 9.53 Å². The van der Waals surface area contributed by atoms with Crippen LogP contribution in [0.5, 0.6) is 11.6 Å². The summed E-state index contributed by atoms with van der Waals surface area (Å²) in [4.78, 5) is 14.7. The average Bonchev–Trinajstić information content (AvgIpc) is 2.32. The Hall–Kier alpha value is -2.16. The zero-order valence-electron chi connectivity index (χ0n) is 9.81. The monoisotopic (exact) mass is 227 g/mol. The number of aldehydes is 1. The highest BCUT2D eigenvalue weighted by molar-refractivity contribution is 5.74. The zero-order chi connectivity index (χ0) is 12.3. The van der Waals surface area contributed by atoms with Crippen LogP contribution >= 0.6 is 0 Å². The normalized spacial score (nSPS) is 10.0. The predicted octanol–water partition coefficient (Wildman–Crippen LogP) is 3.30. The Morgan fingerprint density at radius 1 is 1.24 bits per heavy atom. The van der Waals surface area contributed by atoms with Crippen LogP contribution in [-0.2, 0) is 0 Å². The number of carbonyl (C=O) groups excluding carboxylic acids is 1. The van der Waals surface area contributed by atoms with Gasteiger partial charge >= 0.3 is 0 Å². The largest absolute Gasteiger partial charge is 0.439 e. The van der Waals surface area contributed by atoms with Crippen molar-refractivity contribution in [2.45, 2.75) is 13.8 Å². The molecule has 1 aromatic heterocycles.